The van der Waals surface area contributed by atoms with Crippen molar-refractivity contribution >= 4 is 11.9 Å². The average Bonchev–Trinajstić information content (AvgIpc) is 2.37. The molecule has 98 valence electrons. The van der Waals surface area contributed by atoms with Crippen LogP contribution in [-0.2, 0) is 6.54 Å². The van der Waals surface area contributed by atoms with Gasteiger partial charge in [-0.2, -0.15) is 0 Å². The van der Waals surface area contributed by atoms with Crippen molar-refractivity contribution in [1.82, 2.24) is 10.6 Å². The van der Waals surface area contributed by atoms with Crippen LogP contribution in [0.25, 0.3) is 0 Å². The molecule has 0 spiro atoms. The van der Waals surface area contributed by atoms with Crippen LogP contribution in [0.5, 0.6) is 0 Å². The highest BCUT2D eigenvalue weighted by atomic mass is 16.1. The number of benzene rings is 1. The van der Waals surface area contributed by atoms with Crippen LogP contribution in [0.4, 0.5) is 0 Å². The SMILES string of the molecule is CCNC(=NCc1ccc(C(N)=O)cc1)NCC. The molecule has 5 nitrogen and oxygen atoms in total. The Bertz CT molecular complexity index is 404. The second-order valence-electron chi connectivity index (χ2n) is 3.79. The molecule has 0 aromatic heterocycles. The molecular weight excluding hydrogens is 228 g/mol. The Labute approximate surface area is 107 Å². The highest BCUT2D eigenvalue weighted by molar-refractivity contribution is 5.92. The van der Waals surface area contributed by atoms with Crippen molar-refractivity contribution in [1.29, 1.82) is 0 Å². The third kappa shape index (κ3) is 4.45. The topological polar surface area (TPSA) is 79.5 Å². The number of hydrogen-bond acceptors (Lipinski definition) is 2. The Morgan fingerprint density at radius 2 is 1.72 bits per heavy atom. The van der Waals surface area contributed by atoms with E-state index in [0.29, 0.717) is 12.1 Å². The number of nitrogens with two attached hydrogens (primary N) is 1. The van der Waals surface area contributed by atoms with Gasteiger partial charge in [-0.15, -0.1) is 0 Å². The third-order valence-electron chi connectivity index (χ3n) is 2.35. The number of nitrogens with zero attached hydrogens (tertiary/aromatic N) is 1. The van der Waals surface area contributed by atoms with Crippen LogP contribution < -0.4 is 16.4 Å². The first kappa shape index (κ1) is 14.0. The van der Waals surface area contributed by atoms with E-state index in [-0.39, 0.29) is 0 Å². The maximum Gasteiger partial charge on any atom is 0.248 e. The zero-order chi connectivity index (χ0) is 13.4. The van der Waals surface area contributed by atoms with Gasteiger partial charge in [0.25, 0.3) is 0 Å². The van der Waals surface area contributed by atoms with E-state index in [4.69, 9.17) is 5.73 Å². The van der Waals surface area contributed by atoms with E-state index < -0.39 is 5.91 Å². The Morgan fingerprint density at radius 3 is 2.17 bits per heavy atom. The van der Waals surface area contributed by atoms with E-state index in [1.807, 2.05) is 26.0 Å². The maximum atomic E-state index is 10.9. The smallest absolute Gasteiger partial charge is 0.248 e. The van der Waals surface area contributed by atoms with Gasteiger partial charge in [0.15, 0.2) is 5.96 Å². The first-order valence-electron chi connectivity index (χ1n) is 6.08. The molecule has 1 aromatic carbocycles. The number of guanidine groups is 1. The number of hydrogen-bond donors (Lipinski definition) is 3. The summed E-state index contributed by atoms with van der Waals surface area (Å²) < 4.78 is 0. The van der Waals surface area contributed by atoms with Gasteiger partial charge in [-0.25, -0.2) is 4.99 Å². The highest BCUT2D eigenvalue weighted by Gasteiger charge is 2.00. The summed E-state index contributed by atoms with van der Waals surface area (Å²) in [5.74, 6) is 0.380. The fraction of sp³-hybridized carbons (Fsp3) is 0.385. The number of rotatable bonds is 5. The number of carbonyl (C=O) groups excluding carboxylic acids is 1. The van der Waals surface area contributed by atoms with Crippen LogP contribution >= 0.6 is 0 Å². The van der Waals surface area contributed by atoms with Crippen LogP contribution in [-0.4, -0.2) is 25.0 Å². The van der Waals surface area contributed by atoms with Gasteiger partial charge in [-0.3, -0.25) is 4.79 Å². The molecule has 0 unspecified atom stereocenters. The van der Waals surface area contributed by atoms with E-state index in [1.165, 1.54) is 0 Å². The normalized spacial score (nSPS) is 9.67. The molecule has 0 aliphatic rings. The van der Waals surface area contributed by atoms with Crippen LogP contribution in [0.15, 0.2) is 29.3 Å². The summed E-state index contributed by atoms with van der Waals surface area (Å²) in [5.41, 5.74) is 6.73. The lowest BCUT2D eigenvalue weighted by atomic mass is 10.1. The van der Waals surface area contributed by atoms with E-state index in [1.54, 1.807) is 12.1 Å². The van der Waals surface area contributed by atoms with Crippen molar-refractivity contribution in [2.45, 2.75) is 20.4 Å². The lowest BCUT2D eigenvalue weighted by Crippen LogP contribution is -2.36. The number of aliphatic imine (C=N–C) groups is 1. The minimum Gasteiger partial charge on any atom is -0.366 e. The third-order valence-corrected chi connectivity index (χ3v) is 2.35. The van der Waals surface area contributed by atoms with Gasteiger partial charge in [0.1, 0.15) is 0 Å². The monoisotopic (exact) mass is 248 g/mol. The van der Waals surface area contributed by atoms with Gasteiger partial charge in [-0.05, 0) is 31.5 Å². The summed E-state index contributed by atoms with van der Waals surface area (Å²) in [6.45, 7) is 6.26. The van der Waals surface area contributed by atoms with Crippen molar-refractivity contribution in [2.24, 2.45) is 10.7 Å². The van der Waals surface area contributed by atoms with Crippen LogP contribution in [0.2, 0.25) is 0 Å². The molecule has 0 aliphatic heterocycles. The summed E-state index contributed by atoms with van der Waals surface area (Å²) in [6, 6.07) is 7.15. The molecule has 1 aromatic rings. The van der Waals surface area contributed by atoms with E-state index in [0.717, 1.165) is 24.6 Å². The molecular formula is C13H20N4O. The predicted molar refractivity (Wildman–Crippen MR) is 73.5 cm³/mol. The van der Waals surface area contributed by atoms with Gasteiger partial charge in [-0.1, -0.05) is 12.1 Å². The van der Waals surface area contributed by atoms with Crippen molar-refractivity contribution in [3.05, 3.63) is 35.4 Å². The van der Waals surface area contributed by atoms with Crippen molar-refractivity contribution < 1.29 is 4.79 Å². The first-order chi connectivity index (χ1) is 8.67. The van der Waals surface area contributed by atoms with Gasteiger partial charge in [0, 0.05) is 18.7 Å². The zero-order valence-corrected chi connectivity index (χ0v) is 10.9. The average molecular weight is 248 g/mol. The first-order valence-corrected chi connectivity index (χ1v) is 6.08. The van der Waals surface area contributed by atoms with Crippen molar-refractivity contribution in [3.63, 3.8) is 0 Å². The maximum absolute atomic E-state index is 10.9. The van der Waals surface area contributed by atoms with E-state index in [9.17, 15) is 4.79 Å². The molecule has 0 heterocycles. The Hall–Kier alpha value is -2.04. The minimum absolute atomic E-state index is 0.411. The Kier molecular flexibility index (Phi) is 5.70. The van der Waals surface area contributed by atoms with Crippen molar-refractivity contribution in [2.75, 3.05) is 13.1 Å². The van der Waals surface area contributed by atoms with Gasteiger partial charge >= 0.3 is 0 Å². The lowest BCUT2D eigenvalue weighted by molar-refractivity contribution is 0.100. The lowest BCUT2D eigenvalue weighted by Gasteiger charge is -2.09. The molecule has 4 N–H and O–H groups in total. The summed E-state index contributed by atoms with van der Waals surface area (Å²) in [6.07, 6.45) is 0. The molecule has 0 saturated heterocycles. The zero-order valence-electron chi connectivity index (χ0n) is 10.9. The molecule has 0 fully saturated rings. The molecule has 0 atom stereocenters. The molecule has 1 rings (SSSR count). The van der Waals surface area contributed by atoms with Crippen LogP contribution in [0, 0.1) is 0 Å². The number of carbonyl (C=O) groups is 1. The molecule has 5 heteroatoms. The van der Waals surface area contributed by atoms with Gasteiger partial charge in [0.2, 0.25) is 5.91 Å². The Balaban J connectivity index is 2.65. The van der Waals surface area contributed by atoms with Crippen LogP contribution in [0.3, 0.4) is 0 Å². The summed E-state index contributed by atoms with van der Waals surface area (Å²) >= 11 is 0. The second-order valence-corrected chi connectivity index (χ2v) is 3.79. The molecule has 1 amide bonds. The number of primary amides is 1. The van der Waals surface area contributed by atoms with Gasteiger partial charge < -0.3 is 16.4 Å². The summed E-state index contributed by atoms with van der Waals surface area (Å²) in [5, 5.41) is 6.30. The number of amides is 1. The standard InChI is InChI=1S/C13H20N4O/c1-3-15-13(16-4-2)17-9-10-5-7-11(8-6-10)12(14)18/h5-8H,3-4,9H2,1-2H3,(H2,14,18)(H2,15,16,17). The van der Waals surface area contributed by atoms with Gasteiger partial charge in [0.05, 0.1) is 6.54 Å². The predicted octanol–water partition coefficient (Wildman–Crippen LogP) is 0.861. The molecule has 18 heavy (non-hydrogen) atoms. The molecule has 0 radical (unpaired) electrons. The van der Waals surface area contributed by atoms with Crippen LogP contribution in [0.1, 0.15) is 29.8 Å². The fourth-order valence-electron chi connectivity index (χ4n) is 1.45. The van der Waals surface area contributed by atoms with Crippen molar-refractivity contribution in [3.8, 4) is 0 Å². The quantitative estimate of drug-likeness (QED) is 0.534. The molecule has 0 aliphatic carbocycles. The molecule has 0 saturated carbocycles. The second kappa shape index (κ2) is 7.32. The fourth-order valence-corrected chi connectivity index (χ4v) is 1.45. The minimum atomic E-state index is -0.411. The summed E-state index contributed by atoms with van der Waals surface area (Å²) in [4.78, 5) is 15.3. The van der Waals surface area contributed by atoms with E-state index >= 15 is 0 Å². The number of nitrogens with one attached hydrogen (secondary N) is 2. The highest BCUT2D eigenvalue weighted by Crippen LogP contribution is 2.05. The summed E-state index contributed by atoms with van der Waals surface area (Å²) in [7, 11) is 0. The van der Waals surface area contributed by atoms with E-state index in [2.05, 4.69) is 15.6 Å². The largest absolute Gasteiger partial charge is 0.366 e. The Morgan fingerprint density at radius 1 is 1.17 bits per heavy atom. The molecule has 0 bridgehead atoms.